The van der Waals surface area contributed by atoms with Crippen molar-refractivity contribution in [2.24, 2.45) is 5.73 Å². The molecule has 2 heterocycles. The maximum atomic E-state index is 13.2. The molecule has 134 valence electrons. The number of hydrogen-bond acceptors (Lipinski definition) is 6. The van der Waals surface area contributed by atoms with Gasteiger partial charge in [-0.1, -0.05) is 12.1 Å². The van der Waals surface area contributed by atoms with Crippen LogP contribution in [-0.2, 0) is 9.84 Å². The Morgan fingerprint density at radius 2 is 2.04 bits per heavy atom. The molecule has 3 N–H and O–H groups in total. The highest BCUT2D eigenvalue weighted by molar-refractivity contribution is 8.01. The van der Waals surface area contributed by atoms with Crippen LogP contribution in [0.25, 0.3) is 11.1 Å². The first-order valence-electron chi connectivity index (χ1n) is 7.63. The number of nitrogens with two attached hydrogens (primary N) is 1. The van der Waals surface area contributed by atoms with Crippen LogP contribution in [0, 0.1) is 12.3 Å². The van der Waals surface area contributed by atoms with Crippen molar-refractivity contribution in [3.05, 3.63) is 59.2 Å². The highest BCUT2D eigenvalue weighted by Crippen LogP contribution is 2.37. The van der Waals surface area contributed by atoms with Crippen molar-refractivity contribution in [3.63, 3.8) is 0 Å². The summed E-state index contributed by atoms with van der Waals surface area (Å²) < 4.78 is 27.0. The first-order chi connectivity index (χ1) is 12.3. The Kier molecular flexibility index (Phi) is 5.17. The molecule has 8 heteroatoms. The van der Waals surface area contributed by atoms with Crippen LogP contribution in [0.1, 0.15) is 10.4 Å². The Morgan fingerprint density at radius 1 is 1.27 bits per heavy atom. The van der Waals surface area contributed by atoms with E-state index in [0.29, 0.717) is 9.09 Å². The van der Waals surface area contributed by atoms with Crippen LogP contribution in [0.2, 0.25) is 0 Å². The number of amidine groups is 1. The second-order valence-corrected chi connectivity index (χ2v) is 9.65. The molecule has 0 aliphatic rings. The minimum Gasteiger partial charge on any atom is -0.383 e. The van der Waals surface area contributed by atoms with E-state index in [0.717, 1.165) is 16.7 Å². The van der Waals surface area contributed by atoms with Crippen molar-refractivity contribution in [2.75, 3.05) is 6.26 Å². The lowest BCUT2D eigenvalue weighted by atomic mass is 10.0. The van der Waals surface area contributed by atoms with Crippen LogP contribution in [0.4, 0.5) is 0 Å². The quantitative estimate of drug-likeness (QED) is 0.382. The van der Waals surface area contributed by atoms with Gasteiger partial charge in [-0.25, -0.2) is 8.42 Å². The summed E-state index contributed by atoms with van der Waals surface area (Å²) in [5.41, 5.74) is 8.27. The van der Waals surface area contributed by atoms with Gasteiger partial charge in [0.1, 0.15) is 5.84 Å². The number of nitrogen functional groups attached to an aromatic ring is 1. The fraction of sp³-hybridized carbons (Fsp3) is 0.111. The van der Waals surface area contributed by atoms with Crippen molar-refractivity contribution >= 4 is 38.8 Å². The summed E-state index contributed by atoms with van der Waals surface area (Å²) in [6.45, 7) is 1.94. The number of benzene rings is 1. The van der Waals surface area contributed by atoms with Gasteiger partial charge >= 0.3 is 0 Å². The van der Waals surface area contributed by atoms with Gasteiger partial charge < -0.3 is 5.73 Å². The molecule has 5 nitrogen and oxygen atoms in total. The Morgan fingerprint density at radius 3 is 2.69 bits per heavy atom. The summed E-state index contributed by atoms with van der Waals surface area (Å²) in [4.78, 5) is 4.95. The van der Waals surface area contributed by atoms with Crippen LogP contribution in [0.5, 0.6) is 0 Å². The normalized spacial score (nSPS) is 11.5. The van der Waals surface area contributed by atoms with Crippen LogP contribution in [-0.4, -0.2) is 25.5 Å². The lowest BCUT2D eigenvalue weighted by Gasteiger charge is -2.09. The molecule has 0 saturated carbocycles. The van der Waals surface area contributed by atoms with Gasteiger partial charge in [0, 0.05) is 12.4 Å². The Bertz CT molecular complexity index is 1090. The molecule has 0 saturated heterocycles. The molecule has 1 aromatic carbocycles. The number of aromatic nitrogens is 1. The fourth-order valence-corrected chi connectivity index (χ4v) is 6.48. The van der Waals surface area contributed by atoms with Crippen LogP contribution in [0.3, 0.4) is 0 Å². The van der Waals surface area contributed by atoms with Gasteiger partial charge in [-0.15, -0.1) is 23.1 Å². The number of thiophene rings is 1. The highest BCUT2D eigenvalue weighted by Gasteiger charge is 2.25. The van der Waals surface area contributed by atoms with Crippen molar-refractivity contribution in [2.45, 2.75) is 20.9 Å². The van der Waals surface area contributed by atoms with Crippen LogP contribution in [0.15, 0.2) is 62.8 Å². The molecule has 0 fully saturated rings. The molecule has 26 heavy (non-hydrogen) atoms. The van der Waals surface area contributed by atoms with Gasteiger partial charge in [-0.3, -0.25) is 10.4 Å². The van der Waals surface area contributed by atoms with Gasteiger partial charge in [0.05, 0.1) is 18.9 Å². The molecule has 0 bridgehead atoms. The van der Waals surface area contributed by atoms with Crippen molar-refractivity contribution in [3.8, 4) is 11.1 Å². The maximum absolute atomic E-state index is 13.2. The van der Waals surface area contributed by atoms with Gasteiger partial charge in [0.2, 0.25) is 9.84 Å². The number of thioether (sulfide) groups is 1. The van der Waals surface area contributed by atoms with Gasteiger partial charge in [-0.2, -0.15) is 0 Å². The standard InChI is InChI=1S/C18H17N3O2S3/c1-11-10-21-7-6-14(11)12-4-3-5-13(8-12)26(22,23)16-9-15(17(19)20)25-18(16)24-2/h3-10H,1-2H3,(H3,19,20). The van der Waals surface area contributed by atoms with E-state index in [1.54, 1.807) is 30.6 Å². The molecule has 0 aliphatic heterocycles. The lowest BCUT2D eigenvalue weighted by Crippen LogP contribution is -2.08. The molecular weight excluding hydrogens is 386 g/mol. The zero-order chi connectivity index (χ0) is 18.9. The van der Waals surface area contributed by atoms with Crippen molar-refractivity contribution in [1.82, 2.24) is 4.98 Å². The average Bonchev–Trinajstić information content (AvgIpc) is 3.08. The lowest BCUT2D eigenvalue weighted by molar-refractivity contribution is 0.595. The molecule has 0 amide bonds. The first-order valence-corrected chi connectivity index (χ1v) is 11.2. The zero-order valence-corrected chi connectivity index (χ0v) is 16.6. The number of rotatable bonds is 5. The Balaban J connectivity index is 2.13. The summed E-state index contributed by atoms with van der Waals surface area (Å²) in [7, 11) is -3.72. The second kappa shape index (κ2) is 7.22. The third kappa shape index (κ3) is 3.40. The number of sulfone groups is 1. The number of aryl methyl sites for hydroxylation is 1. The molecule has 0 aliphatic carbocycles. The van der Waals surface area contributed by atoms with E-state index in [2.05, 4.69) is 4.98 Å². The smallest absolute Gasteiger partial charge is 0.208 e. The van der Waals surface area contributed by atoms with E-state index in [-0.39, 0.29) is 15.6 Å². The summed E-state index contributed by atoms with van der Waals surface area (Å²) in [6, 6.07) is 10.2. The van der Waals surface area contributed by atoms with E-state index in [9.17, 15) is 8.42 Å². The average molecular weight is 404 g/mol. The Labute approximate surface area is 160 Å². The molecular formula is C18H17N3O2S3. The number of hydrogen-bond donors (Lipinski definition) is 2. The fourth-order valence-electron chi connectivity index (χ4n) is 2.57. The minimum atomic E-state index is -3.72. The summed E-state index contributed by atoms with van der Waals surface area (Å²) >= 11 is 2.56. The molecule has 0 unspecified atom stereocenters. The molecule has 2 aromatic heterocycles. The largest absolute Gasteiger partial charge is 0.383 e. The maximum Gasteiger partial charge on any atom is 0.208 e. The minimum absolute atomic E-state index is 0.132. The van der Waals surface area contributed by atoms with Gasteiger partial charge in [0.15, 0.2) is 0 Å². The Hall–Kier alpha value is -2.16. The number of nitrogens with zero attached hydrogens (tertiary/aromatic N) is 1. The molecule has 0 radical (unpaired) electrons. The molecule has 3 aromatic rings. The molecule has 0 atom stereocenters. The van der Waals surface area contributed by atoms with Crippen LogP contribution >= 0.6 is 23.1 Å². The molecule has 3 rings (SSSR count). The third-order valence-corrected chi connectivity index (χ3v) is 8.22. The van der Waals surface area contributed by atoms with Crippen LogP contribution < -0.4 is 5.73 Å². The number of nitrogens with one attached hydrogen (secondary N) is 1. The van der Waals surface area contributed by atoms with Crippen molar-refractivity contribution in [1.29, 1.82) is 5.41 Å². The molecule has 0 spiro atoms. The van der Waals surface area contributed by atoms with E-state index < -0.39 is 9.84 Å². The topological polar surface area (TPSA) is 96.9 Å². The third-order valence-electron chi connectivity index (χ3n) is 3.88. The zero-order valence-electron chi connectivity index (χ0n) is 14.2. The predicted octanol–water partition coefficient (Wildman–Crippen LogP) is 3.96. The monoisotopic (exact) mass is 403 g/mol. The number of pyridine rings is 1. The van der Waals surface area contributed by atoms with Crippen molar-refractivity contribution < 1.29 is 8.42 Å². The van der Waals surface area contributed by atoms with E-state index in [4.69, 9.17) is 11.1 Å². The summed E-state index contributed by atoms with van der Waals surface area (Å²) in [5.74, 6) is -0.132. The highest BCUT2D eigenvalue weighted by atomic mass is 32.2. The summed E-state index contributed by atoms with van der Waals surface area (Å²) in [6.07, 6.45) is 5.25. The summed E-state index contributed by atoms with van der Waals surface area (Å²) in [5, 5.41) is 7.58. The first kappa shape index (κ1) is 18.6. The SMILES string of the molecule is CSc1sc(C(=N)N)cc1S(=O)(=O)c1cccc(-c2ccncc2C)c1. The second-order valence-electron chi connectivity index (χ2n) is 5.60. The van der Waals surface area contributed by atoms with Gasteiger partial charge in [-0.05, 0) is 54.1 Å². The van der Waals surface area contributed by atoms with E-state index in [1.165, 1.54) is 29.2 Å². The predicted molar refractivity (Wildman–Crippen MR) is 107 cm³/mol. The van der Waals surface area contributed by atoms with Gasteiger partial charge in [0.25, 0.3) is 0 Å². The van der Waals surface area contributed by atoms with E-state index in [1.807, 2.05) is 25.3 Å². The van der Waals surface area contributed by atoms with E-state index >= 15 is 0 Å².